The van der Waals surface area contributed by atoms with Crippen LogP contribution in [0.3, 0.4) is 0 Å². The molecule has 0 bridgehead atoms. The third kappa shape index (κ3) is 5.53. The minimum atomic E-state index is -0.241. The molecule has 0 fully saturated rings. The molecule has 0 saturated heterocycles. The number of hydrogen-bond donors (Lipinski definition) is 1. The summed E-state index contributed by atoms with van der Waals surface area (Å²) in [5.74, 6) is 1.56. The predicted molar refractivity (Wildman–Crippen MR) is 149 cm³/mol. The van der Waals surface area contributed by atoms with Crippen LogP contribution in [0.5, 0.6) is 5.75 Å². The number of rotatable bonds is 8. The number of carbonyl (C=O) groups excluding carboxylic acids is 1. The molecule has 186 valence electrons. The number of hydrogen-bond acceptors (Lipinski definition) is 7. The van der Waals surface area contributed by atoms with Crippen molar-refractivity contribution >= 4 is 46.3 Å². The van der Waals surface area contributed by atoms with Crippen molar-refractivity contribution < 1.29 is 9.53 Å². The quantitative estimate of drug-likeness (QED) is 0.213. The average Bonchev–Trinajstić information content (AvgIpc) is 3.56. The lowest BCUT2D eigenvalue weighted by atomic mass is 10.2. The molecular weight excluding hydrogens is 526 g/mol. The van der Waals surface area contributed by atoms with E-state index in [4.69, 9.17) is 16.3 Å². The fraction of sp³-hybridized carbons (Fsp3) is 0.111. The first-order valence-corrected chi connectivity index (χ1v) is 13.6. The summed E-state index contributed by atoms with van der Waals surface area (Å²) >= 11 is 9.41. The van der Waals surface area contributed by atoms with Crippen LogP contribution in [-0.2, 0) is 5.75 Å². The van der Waals surface area contributed by atoms with Gasteiger partial charge < -0.3 is 10.1 Å². The van der Waals surface area contributed by atoms with E-state index in [2.05, 4.69) is 20.5 Å². The number of para-hydroxylation sites is 2. The van der Waals surface area contributed by atoms with Gasteiger partial charge in [-0.15, -0.1) is 21.5 Å². The Bertz CT molecular complexity index is 1550. The predicted octanol–water partition coefficient (Wildman–Crippen LogP) is 6.91. The maximum absolute atomic E-state index is 12.7. The van der Waals surface area contributed by atoms with Gasteiger partial charge in [-0.25, -0.2) is 4.98 Å². The highest BCUT2D eigenvalue weighted by atomic mass is 35.5. The first-order chi connectivity index (χ1) is 18.0. The van der Waals surface area contributed by atoms with Gasteiger partial charge in [0.1, 0.15) is 16.5 Å². The zero-order chi connectivity index (χ0) is 25.8. The lowest BCUT2D eigenvalue weighted by Crippen LogP contribution is -2.12. The van der Waals surface area contributed by atoms with Crippen LogP contribution >= 0.6 is 34.7 Å². The van der Waals surface area contributed by atoms with Crippen LogP contribution in [-0.4, -0.2) is 32.8 Å². The van der Waals surface area contributed by atoms with Gasteiger partial charge in [0.25, 0.3) is 5.91 Å². The molecule has 0 unspecified atom stereocenters. The van der Waals surface area contributed by atoms with Crippen LogP contribution in [0.4, 0.5) is 5.69 Å². The molecule has 37 heavy (non-hydrogen) atoms. The normalized spacial score (nSPS) is 10.9. The van der Waals surface area contributed by atoms with Crippen LogP contribution in [0.25, 0.3) is 17.1 Å². The van der Waals surface area contributed by atoms with Crippen molar-refractivity contribution in [3.05, 3.63) is 99.5 Å². The molecule has 0 atom stereocenters. The highest BCUT2D eigenvalue weighted by Crippen LogP contribution is 2.36. The lowest BCUT2D eigenvalue weighted by Gasteiger charge is -2.14. The van der Waals surface area contributed by atoms with Gasteiger partial charge in [-0.2, -0.15) is 0 Å². The van der Waals surface area contributed by atoms with Gasteiger partial charge in [-0.05, 0) is 43.3 Å². The number of benzene rings is 3. The largest absolute Gasteiger partial charge is 0.495 e. The number of anilines is 1. The van der Waals surface area contributed by atoms with Crippen molar-refractivity contribution in [3.8, 4) is 22.8 Å². The van der Waals surface area contributed by atoms with E-state index in [0.29, 0.717) is 33.2 Å². The minimum Gasteiger partial charge on any atom is -0.495 e. The third-order valence-corrected chi connectivity index (χ3v) is 7.79. The average molecular weight is 548 g/mol. The summed E-state index contributed by atoms with van der Waals surface area (Å²) in [6.07, 6.45) is 0. The van der Waals surface area contributed by atoms with E-state index < -0.39 is 0 Å². The third-order valence-electron chi connectivity index (χ3n) is 5.49. The Labute approximate surface area is 227 Å². The monoisotopic (exact) mass is 547 g/mol. The van der Waals surface area contributed by atoms with Crippen LogP contribution in [0.15, 0.2) is 83.3 Å². The summed E-state index contributed by atoms with van der Waals surface area (Å²) in [7, 11) is 1.63. The number of aryl methyl sites for hydroxylation is 1. The number of aromatic nitrogens is 4. The number of amides is 1. The SMILES string of the molecule is COc1ccccc1-n1c(SCc2nc(C(=O)Nc3ccc(C)cc3)cs2)nnc1-c1ccccc1Cl. The number of thiazole rings is 1. The first kappa shape index (κ1) is 25.0. The van der Waals surface area contributed by atoms with Crippen molar-refractivity contribution in [1.82, 2.24) is 19.7 Å². The number of carbonyl (C=O) groups is 1. The highest BCUT2D eigenvalue weighted by molar-refractivity contribution is 7.98. The summed E-state index contributed by atoms with van der Waals surface area (Å²) in [4.78, 5) is 17.2. The summed E-state index contributed by atoms with van der Waals surface area (Å²) in [6, 6.07) is 22.8. The van der Waals surface area contributed by atoms with Crippen molar-refractivity contribution in [2.24, 2.45) is 0 Å². The number of ether oxygens (including phenoxy) is 1. The van der Waals surface area contributed by atoms with Gasteiger partial charge in [0, 0.05) is 16.6 Å². The number of methoxy groups -OCH3 is 1. The van der Waals surface area contributed by atoms with Crippen molar-refractivity contribution in [3.63, 3.8) is 0 Å². The molecular formula is C27H22ClN5O2S2. The van der Waals surface area contributed by atoms with E-state index in [1.54, 1.807) is 12.5 Å². The maximum atomic E-state index is 12.7. The van der Waals surface area contributed by atoms with Crippen molar-refractivity contribution in [1.29, 1.82) is 0 Å². The van der Waals surface area contributed by atoms with Gasteiger partial charge in [0.15, 0.2) is 11.0 Å². The molecule has 3 aromatic carbocycles. The van der Waals surface area contributed by atoms with Gasteiger partial charge in [0.05, 0.1) is 23.6 Å². The highest BCUT2D eigenvalue weighted by Gasteiger charge is 2.21. The minimum absolute atomic E-state index is 0.241. The van der Waals surface area contributed by atoms with E-state index in [1.807, 2.05) is 84.3 Å². The van der Waals surface area contributed by atoms with E-state index in [-0.39, 0.29) is 5.91 Å². The summed E-state index contributed by atoms with van der Waals surface area (Å²) in [5, 5.41) is 15.6. The second-order valence-corrected chi connectivity index (χ2v) is 10.3. The van der Waals surface area contributed by atoms with Crippen LogP contribution in [0.2, 0.25) is 5.02 Å². The van der Waals surface area contributed by atoms with Crippen molar-refractivity contribution in [2.45, 2.75) is 17.8 Å². The standard InChI is InChI=1S/C27H22ClN5O2S2/c1-17-11-13-18(14-12-17)29-26(34)21-15-36-24(30-21)16-37-27-32-31-25(19-7-3-4-8-20(19)28)33(27)22-9-5-6-10-23(22)35-2/h3-15H,16H2,1-2H3,(H,29,34). The number of nitrogens with one attached hydrogen (secondary N) is 1. The number of halogens is 1. The lowest BCUT2D eigenvalue weighted by molar-refractivity contribution is 0.102. The van der Waals surface area contributed by atoms with Crippen LogP contribution < -0.4 is 10.1 Å². The Hall–Kier alpha value is -3.66. The molecule has 0 saturated carbocycles. The number of thioether (sulfide) groups is 1. The Morgan fingerprint density at radius 2 is 1.81 bits per heavy atom. The zero-order valence-corrected chi connectivity index (χ0v) is 22.4. The molecule has 0 aliphatic heterocycles. The van der Waals surface area contributed by atoms with E-state index in [0.717, 1.165) is 27.5 Å². The molecule has 5 aromatic rings. The molecule has 0 aliphatic carbocycles. The van der Waals surface area contributed by atoms with Gasteiger partial charge in [0.2, 0.25) is 0 Å². The van der Waals surface area contributed by atoms with Gasteiger partial charge >= 0.3 is 0 Å². The summed E-state index contributed by atoms with van der Waals surface area (Å²) in [6.45, 7) is 2.00. The smallest absolute Gasteiger partial charge is 0.275 e. The van der Waals surface area contributed by atoms with Crippen LogP contribution in [0, 0.1) is 6.92 Å². The van der Waals surface area contributed by atoms with E-state index in [9.17, 15) is 4.79 Å². The fourth-order valence-corrected chi connectivity index (χ4v) is 5.61. The Balaban J connectivity index is 1.40. The second kappa shape index (κ2) is 11.2. The molecule has 7 nitrogen and oxygen atoms in total. The van der Waals surface area contributed by atoms with Gasteiger partial charge in [-0.3, -0.25) is 9.36 Å². The number of nitrogens with zero attached hydrogens (tertiary/aromatic N) is 4. The molecule has 2 heterocycles. The first-order valence-electron chi connectivity index (χ1n) is 11.3. The molecule has 1 amide bonds. The van der Waals surface area contributed by atoms with Crippen LogP contribution in [0.1, 0.15) is 21.1 Å². The molecule has 1 N–H and O–H groups in total. The Kier molecular flexibility index (Phi) is 7.55. The zero-order valence-electron chi connectivity index (χ0n) is 20.0. The summed E-state index contributed by atoms with van der Waals surface area (Å²) in [5.41, 5.74) is 3.80. The molecule has 5 rings (SSSR count). The Morgan fingerprint density at radius 1 is 1.05 bits per heavy atom. The Morgan fingerprint density at radius 3 is 2.59 bits per heavy atom. The van der Waals surface area contributed by atoms with E-state index in [1.165, 1.54) is 23.1 Å². The van der Waals surface area contributed by atoms with E-state index >= 15 is 0 Å². The maximum Gasteiger partial charge on any atom is 0.275 e. The molecule has 10 heteroatoms. The topological polar surface area (TPSA) is 81.9 Å². The second-order valence-electron chi connectivity index (χ2n) is 8.03. The molecule has 0 aliphatic rings. The van der Waals surface area contributed by atoms with Crippen molar-refractivity contribution in [2.75, 3.05) is 12.4 Å². The molecule has 2 aromatic heterocycles. The summed E-state index contributed by atoms with van der Waals surface area (Å²) < 4.78 is 7.55. The fourth-order valence-electron chi connectivity index (χ4n) is 3.65. The molecule has 0 spiro atoms. The van der Waals surface area contributed by atoms with Gasteiger partial charge in [-0.1, -0.05) is 65.3 Å². The molecule has 0 radical (unpaired) electrons.